The number of nitrogens with one attached hydrogen (secondary N) is 2. The van der Waals surface area contributed by atoms with Crippen LogP contribution in [0.4, 0.5) is 5.69 Å². The van der Waals surface area contributed by atoms with Crippen molar-refractivity contribution in [3.63, 3.8) is 0 Å². The largest absolute Gasteiger partial charge is 0.487 e. The molecule has 2 aromatic rings. The van der Waals surface area contributed by atoms with Gasteiger partial charge in [0, 0.05) is 30.2 Å². The third-order valence-corrected chi connectivity index (χ3v) is 4.04. The molecule has 1 aromatic heterocycles. The number of β-amino-alcohol motifs (C(OH)–C–C–N with tert-alkyl or cyclic N) is 1. The van der Waals surface area contributed by atoms with Crippen LogP contribution in [0.1, 0.15) is 12.0 Å². The van der Waals surface area contributed by atoms with E-state index in [4.69, 9.17) is 16.3 Å². The Bertz CT molecular complexity index is 719. The topological polar surface area (TPSA) is 83.5 Å². The van der Waals surface area contributed by atoms with Crippen LogP contribution >= 0.6 is 36.4 Å². The molecule has 1 saturated heterocycles. The predicted molar refractivity (Wildman–Crippen MR) is 106 cm³/mol. The number of rotatable bonds is 5. The van der Waals surface area contributed by atoms with E-state index in [1.807, 2.05) is 12.1 Å². The van der Waals surface area contributed by atoms with E-state index in [1.165, 1.54) is 0 Å². The van der Waals surface area contributed by atoms with Crippen molar-refractivity contribution < 1.29 is 14.6 Å². The van der Waals surface area contributed by atoms with Crippen LogP contribution in [-0.2, 0) is 11.4 Å². The second-order valence-electron chi connectivity index (χ2n) is 5.63. The van der Waals surface area contributed by atoms with Gasteiger partial charge in [-0.25, -0.2) is 0 Å². The molecule has 2 unspecified atom stereocenters. The van der Waals surface area contributed by atoms with Crippen LogP contribution in [0, 0.1) is 0 Å². The number of pyridine rings is 1. The predicted octanol–water partition coefficient (Wildman–Crippen LogP) is 2.82. The zero-order valence-corrected chi connectivity index (χ0v) is 16.1. The van der Waals surface area contributed by atoms with Crippen LogP contribution in [0.25, 0.3) is 0 Å². The van der Waals surface area contributed by atoms with E-state index < -0.39 is 6.10 Å². The Labute approximate surface area is 169 Å². The monoisotopic (exact) mass is 419 g/mol. The number of halogens is 3. The van der Waals surface area contributed by atoms with Crippen LogP contribution < -0.4 is 15.4 Å². The van der Waals surface area contributed by atoms with E-state index in [9.17, 15) is 9.90 Å². The van der Waals surface area contributed by atoms with Gasteiger partial charge in [0.2, 0.25) is 5.91 Å². The van der Waals surface area contributed by atoms with Crippen molar-refractivity contribution in [2.24, 2.45) is 0 Å². The van der Waals surface area contributed by atoms with E-state index in [1.54, 1.807) is 30.6 Å². The number of hydrogen-bond donors (Lipinski definition) is 3. The first kappa shape index (κ1) is 22.5. The summed E-state index contributed by atoms with van der Waals surface area (Å²) in [6.45, 7) is 0.795. The molecule has 142 valence electrons. The molecule has 1 aromatic carbocycles. The number of ether oxygens (including phenoxy) is 1. The average Bonchev–Trinajstić information content (AvgIpc) is 3.02. The fraction of sp³-hybridized carbons (Fsp3) is 0.294. The lowest BCUT2D eigenvalue weighted by atomic mass is 10.2. The maximum atomic E-state index is 12.1. The van der Waals surface area contributed by atoms with Gasteiger partial charge >= 0.3 is 0 Å². The molecule has 0 aliphatic carbocycles. The maximum absolute atomic E-state index is 12.1. The fourth-order valence-electron chi connectivity index (χ4n) is 2.49. The van der Waals surface area contributed by atoms with Crippen LogP contribution in [0.5, 0.6) is 5.75 Å². The van der Waals surface area contributed by atoms with E-state index in [0.29, 0.717) is 36.0 Å². The Morgan fingerprint density at radius 2 is 2.19 bits per heavy atom. The second-order valence-corrected chi connectivity index (χ2v) is 6.04. The minimum Gasteiger partial charge on any atom is -0.487 e. The lowest BCUT2D eigenvalue weighted by Crippen LogP contribution is -2.35. The molecule has 6 nitrogen and oxygen atoms in total. The number of benzene rings is 1. The van der Waals surface area contributed by atoms with E-state index in [2.05, 4.69) is 15.6 Å². The summed E-state index contributed by atoms with van der Waals surface area (Å²) in [5.41, 5.74) is 1.53. The van der Waals surface area contributed by atoms with Gasteiger partial charge in [-0.15, -0.1) is 24.8 Å². The molecular weight excluding hydrogens is 401 g/mol. The first-order valence-electron chi connectivity index (χ1n) is 7.65. The smallest absolute Gasteiger partial charge is 0.241 e. The Balaban J connectivity index is 0.00000169. The molecule has 2 atom stereocenters. The number of aliphatic hydroxyl groups is 1. The Morgan fingerprint density at radius 3 is 2.81 bits per heavy atom. The number of carbonyl (C=O) groups excluding carboxylic acids is 1. The summed E-state index contributed by atoms with van der Waals surface area (Å²) < 4.78 is 5.67. The summed E-state index contributed by atoms with van der Waals surface area (Å²) in [4.78, 5) is 16.1. The van der Waals surface area contributed by atoms with Crippen molar-refractivity contribution in [1.82, 2.24) is 10.3 Å². The second kappa shape index (κ2) is 10.5. The third kappa shape index (κ3) is 6.00. The van der Waals surface area contributed by atoms with Gasteiger partial charge in [0.1, 0.15) is 12.4 Å². The van der Waals surface area contributed by atoms with Gasteiger partial charge in [-0.3, -0.25) is 9.78 Å². The summed E-state index contributed by atoms with van der Waals surface area (Å²) in [6.07, 6.45) is 3.36. The lowest BCUT2D eigenvalue weighted by Gasteiger charge is -2.13. The van der Waals surface area contributed by atoms with Gasteiger partial charge in [0.25, 0.3) is 0 Å². The molecular formula is C17H20Cl3N3O3. The van der Waals surface area contributed by atoms with Crippen molar-refractivity contribution in [1.29, 1.82) is 0 Å². The minimum atomic E-state index is -0.479. The zero-order chi connectivity index (χ0) is 16.9. The molecule has 2 heterocycles. The number of hydrogen-bond acceptors (Lipinski definition) is 5. The number of carbonyl (C=O) groups is 1. The van der Waals surface area contributed by atoms with Crippen molar-refractivity contribution in [3.05, 3.63) is 53.3 Å². The minimum absolute atomic E-state index is 0. The first-order chi connectivity index (χ1) is 11.6. The van der Waals surface area contributed by atoms with E-state index >= 15 is 0 Å². The molecule has 1 fully saturated rings. The molecule has 3 rings (SSSR count). The molecule has 0 bridgehead atoms. The number of anilines is 1. The van der Waals surface area contributed by atoms with Gasteiger partial charge in [0.05, 0.1) is 17.2 Å². The van der Waals surface area contributed by atoms with E-state index in [-0.39, 0.29) is 36.8 Å². The summed E-state index contributed by atoms with van der Waals surface area (Å²) in [5.74, 6) is 0.347. The Hall–Kier alpha value is -1.57. The van der Waals surface area contributed by atoms with Crippen molar-refractivity contribution >= 4 is 48.0 Å². The Kier molecular flexibility index (Phi) is 9.12. The maximum Gasteiger partial charge on any atom is 0.241 e. The van der Waals surface area contributed by atoms with Gasteiger partial charge in [-0.2, -0.15) is 0 Å². The molecule has 1 aliphatic heterocycles. The van der Waals surface area contributed by atoms with Crippen LogP contribution in [0.15, 0.2) is 42.7 Å². The van der Waals surface area contributed by atoms with Crippen LogP contribution in [-0.4, -0.2) is 34.7 Å². The molecule has 0 spiro atoms. The Morgan fingerprint density at radius 1 is 1.38 bits per heavy atom. The lowest BCUT2D eigenvalue weighted by molar-refractivity contribution is -0.117. The molecule has 3 N–H and O–H groups in total. The summed E-state index contributed by atoms with van der Waals surface area (Å²) in [6, 6.07) is 8.45. The molecule has 1 amide bonds. The van der Waals surface area contributed by atoms with Gasteiger partial charge < -0.3 is 20.5 Å². The molecule has 0 radical (unpaired) electrons. The average molecular weight is 421 g/mol. The standard InChI is InChI=1S/C17H18ClN3O3.2ClH/c18-14-6-12(21-17(23)15-7-13(22)9-20-15)3-4-16(14)24-10-11-2-1-5-19-8-11;;/h1-6,8,13,15,20,22H,7,9-10H2,(H,21,23);2*1H. The molecule has 0 saturated carbocycles. The van der Waals surface area contributed by atoms with Gasteiger partial charge in [0.15, 0.2) is 0 Å². The summed E-state index contributed by atoms with van der Waals surface area (Å²) in [7, 11) is 0. The molecule has 26 heavy (non-hydrogen) atoms. The van der Waals surface area contributed by atoms with Gasteiger partial charge in [-0.1, -0.05) is 17.7 Å². The molecule has 1 aliphatic rings. The van der Waals surface area contributed by atoms with Crippen LogP contribution in [0.3, 0.4) is 0 Å². The van der Waals surface area contributed by atoms with Crippen molar-refractivity contribution in [2.45, 2.75) is 25.2 Å². The quantitative estimate of drug-likeness (QED) is 0.693. The third-order valence-electron chi connectivity index (χ3n) is 3.74. The first-order valence-corrected chi connectivity index (χ1v) is 8.03. The number of nitrogens with zero attached hydrogens (tertiary/aromatic N) is 1. The highest BCUT2D eigenvalue weighted by Crippen LogP contribution is 2.28. The normalized spacial score (nSPS) is 18.4. The van der Waals surface area contributed by atoms with Gasteiger partial charge in [-0.05, 0) is 30.7 Å². The summed E-state index contributed by atoms with van der Waals surface area (Å²) >= 11 is 6.21. The SMILES string of the molecule is Cl.Cl.O=C(Nc1ccc(OCc2cccnc2)c(Cl)c1)C1CC(O)CN1. The number of aromatic nitrogens is 1. The van der Waals surface area contributed by atoms with Crippen molar-refractivity contribution in [2.75, 3.05) is 11.9 Å². The highest BCUT2D eigenvalue weighted by Gasteiger charge is 2.28. The summed E-state index contributed by atoms with van der Waals surface area (Å²) in [5, 5.41) is 15.6. The number of amides is 1. The highest BCUT2D eigenvalue weighted by molar-refractivity contribution is 6.32. The fourth-order valence-corrected chi connectivity index (χ4v) is 2.72. The van der Waals surface area contributed by atoms with Crippen LogP contribution in [0.2, 0.25) is 5.02 Å². The van der Waals surface area contributed by atoms with E-state index in [0.717, 1.165) is 5.56 Å². The van der Waals surface area contributed by atoms with Crippen molar-refractivity contribution in [3.8, 4) is 5.75 Å². The highest BCUT2D eigenvalue weighted by atomic mass is 35.5. The zero-order valence-electron chi connectivity index (χ0n) is 13.7. The molecule has 9 heteroatoms. The number of aliphatic hydroxyl groups excluding tert-OH is 1.